The molecule has 42 heavy (non-hydrogen) atoms. The Morgan fingerprint density at radius 2 is 1.69 bits per heavy atom. The monoisotopic (exact) mass is 611 g/mol. The number of nitrogens with one attached hydrogen (secondary N) is 1. The second-order valence-corrected chi connectivity index (χ2v) is 10.6. The molecule has 5 aromatic rings. The van der Waals surface area contributed by atoms with E-state index in [1.165, 1.54) is 18.8 Å². The Morgan fingerprint density at radius 3 is 2.43 bits per heavy atom. The third-order valence-electron chi connectivity index (χ3n) is 7.28. The number of aromatic nitrogens is 4. The van der Waals surface area contributed by atoms with E-state index in [9.17, 15) is 18.0 Å². The van der Waals surface area contributed by atoms with E-state index in [0.717, 1.165) is 35.6 Å². The lowest BCUT2D eigenvalue weighted by Crippen LogP contribution is -2.21. The molecule has 1 aliphatic rings. The van der Waals surface area contributed by atoms with Crippen molar-refractivity contribution in [2.45, 2.75) is 25.4 Å². The molecule has 0 amide bonds. The molecule has 0 saturated carbocycles. The van der Waals surface area contributed by atoms with Crippen LogP contribution in [0.15, 0.2) is 59.5 Å². The van der Waals surface area contributed by atoms with E-state index in [-0.39, 0.29) is 27.3 Å². The zero-order valence-electron chi connectivity index (χ0n) is 22.3. The zero-order chi connectivity index (χ0) is 29.8. The van der Waals surface area contributed by atoms with Gasteiger partial charge in [0.1, 0.15) is 11.5 Å². The van der Waals surface area contributed by atoms with Crippen molar-refractivity contribution in [2.75, 3.05) is 12.4 Å². The predicted octanol–water partition coefficient (Wildman–Crippen LogP) is 7.62. The molecule has 12 heteroatoms. The molecule has 1 N–H and O–H groups in total. The Balaban J connectivity index is 1.46. The molecule has 0 fully saturated rings. The van der Waals surface area contributed by atoms with E-state index < -0.39 is 17.4 Å². The van der Waals surface area contributed by atoms with Gasteiger partial charge in [-0.25, -0.2) is 14.6 Å². The smallest absolute Gasteiger partial charge is 0.433 e. The summed E-state index contributed by atoms with van der Waals surface area (Å²) in [6, 6.07) is 13.3. The summed E-state index contributed by atoms with van der Waals surface area (Å²) < 4.78 is 47.6. The molecule has 0 unspecified atom stereocenters. The first-order valence-electron chi connectivity index (χ1n) is 12.9. The van der Waals surface area contributed by atoms with Gasteiger partial charge >= 0.3 is 6.18 Å². The minimum absolute atomic E-state index is 0.0109. The summed E-state index contributed by atoms with van der Waals surface area (Å²) in [6.45, 7) is 0. The number of aryl methyl sites for hydroxylation is 2. The third kappa shape index (κ3) is 4.84. The summed E-state index contributed by atoms with van der Waals surface area (Å²) in [7, 11) is 2.99. The predicted molar refractivity (Wildman–Crippen MR) is 157 cm³/mol. The molecule has 1 aliphatic carbocycles. The fourth-order valence-electron chi connectivity index (χ4n) is 5.24. The lowest BCUT2D eigenvalue weighted by Gasteiger charge is -2.17. The SMILES string of the molecule is COc1nc(-c2cccc(-c3cccc(Nc4nc(C(F)(F)F)cc5cnn(C)c(=O)c45)c3Cl)c2Cl)cc2c1CCC2. The molecule has 3 heterocycles. The highest BCUT2D eigenvalue weighted by molar-refractivity contribution is 6.39. The lowest BCUT2D eigenvalue weighted by molar-refractivity contribution is -0.140. The number of rotatable bonds is 5. The van der Waals surface area contributed by atoms with Crippen LogP contribution in [0.3, 0.4) is 0 Å². The van der Waals surface area contributed by atoms with Gasteiger partial charge < -0.3 is 10.1 Å². The molecule has 0 radical (unpaired) electrons. The maximum Gasteiger partial charge on any atom is 0.433 e. The topological polar surface area (TPSA) is 81.9 Å². The fraction of sp³-hybridized carbons (Fsp3) is 0.200. The van der Waals surface area contributed by atoms with Crippen molar-refractivity contribution >= 4 is 45.5 Å². The fourth-order valence-corrected chi connectivity index (χ4v) is 5.84. The van der Waals surface area contributed by atoms with Gasteiger partial charge in [-0.15, -0.1) is 0 Å². The zero-order valence-corrected chi connectivity index (χ0v) is 23.8. The minimum Gasteiger partial charge on any atom is -0.481 e. The van der Waals surface area contributed by atoms with Crippen molar-refractivity contribution in [1.29, 1.82) is 0 Å². The number of ether oxygens (including phenoxy) is 1. The summed E-state index contributed by atoms with van der Waals surface area (Å²) in [5, 5.41) is 7.21. The van der Waals surface area contributed by atoms with Crippen LogP contribution in [0, 0.1) is 0 Å². The van der Waals surface area contributed by atoms with Gasteiger partial charge in [0.05, 0.1) is 40.1 Å². The van der Waals surface area contributed by atoms with Crippen molar-refractivity contribution in [1.82, 2.24) is 19.7 Å². The number of methoxy groups -OCH3 is 1. The first-order valence-corrected chi connectivity index (χ1v) is 13.7. The van der Waals surface area contributed by atoms with Gasteiger partial charge in [-0.3, -0.25) is 4.79 Å². The molecule has 214 valence electrons. The molecular formula is C30H22Cl2F3N5O2. The van der Waals surface area contributed by atoms with Crippen molar-refractivity contribution in [3.05, 3.63) is 91.9 Å². The van der Waals surface area contributed by atoms with E-state index in [1.54, 1.807) is 31.4 Å². The van der Waals surface area contributed by atoms with Crippen molar-refractivity contribution in [3.8, 4) is 28.3 Å². The molecular weight excluding hydrogens is 590 g/mol. The largest absolute Gasteiger partial charge is 0.481 e. The average Bonchev–Trinajstić information content (AvgIpc) is 3.44. The molecule has 0 bridgehead atoms. The Morgan fingerprint density at radius 1 is 0.976 bits per heavy atom. The number of halogens is 5. The van der Waals surface area contributed by atoms with Crippen LogP contribution in [0.4, 0.5) is 24.7 Å². The summed E-state index contributed by atoms with van der Waals surface area (Å²) in [4.78, 5) is 21.3. The molecule has 6 rings (SSSR count). The normalized spacial score (nSPS) is 12.9. The summed E-state index contributed by atoms with van der Waals surface area (Å²) in [5.74, 6) is 0.281. The molecule has 3 aromatic heterocycles. The van der Waals surface area contributed by atoms with Gasteiger partial charge in [0, 0.05) is 34.7 Å². The van der Waals surface area contributed by atoms with Crippen LogP contribution in [-0.2, 0) is 26.1 Å². The number of benzene rings is 2. The van der Waals surface area contributed by atoms with Crippen molar-refractivity contribution in [3.63, 3.8) is 0 Å². The second kappa shape index (κ2) is 10.6. The first-order chi connectivity index (χ1) is 20.1. The minimum atomic E-state index is -4.75. The maximum absolute atomic E-state index is 13.7. The van der Waals surface area contributed by atoms with Crippen LogP contribution in [0.25, 0.3) is 33.2 Å². The summed E-state index contributed by atoms with van der Waals surface area (Å²) >= 11 is 13.8. The molecule has 0 atom stereocenters. The second-order valence-electron chi connectivity index (χ2n) is 9.86. The van der Waals surface area contributed by atoms with Gasteiger partial charge in [-0.1, -0.05) is 53.5 Å². The van der Waals surface area contributed by atoms with E-state index in [4.69, 9.17) is 32.9 Å². The van der Waals surface area contributed by atoms with Crippen molar-refractivity contribution in [2.24, 2.45) is 7.05 Å². The van der Waals surface area contributed by atoms with Gasteiger partial charge in [0.25, 0.3) is 5.56 Å². The van der Waals surface area contributed by atoms with Crippen molar-refractivity contribution < 1.29 is 17.9 Å². The van der Waals surface area contributed by atoms with Crippen LogP contribution >= 0.6 is 23.2 Å². The van der Waals surface area contributed by atoms with E-state index >= 15 is 0 Å². The van der Waals surface area contributed by atoms with Crippen LogP contribution in [0.1, 0.15) is 23.2 Å². The van der Waals surface area contributed by atoms with E-state index in [2.05, 4.69) is 15.4 Å². The van der Waals surface area contributed by atoms with Crippen LogP contribution in [-0.4, -0.2) is 26.9 Å². The third-order valence-corrected chi connectivity index (χ3v) is 8.09. The lowest BCUT2D eigenvalue weighted by atomic mass is 9.99. The number of nitrogens with zero attached hydrogens (tertiary/aromatic N) is 4. The quantitative estimate of drug-likeness (QED) is 0.220. The summed E-state index contributed by atoms with van der Waals surface area (Å²) in [6.07, 6.45) is -0.703. The molecule has 0 aliphatic heterocycles. The Labute approximate surface area is 247 Å². The Kier molecular flexibility index (Phi) is 7.06. The Hall–Kier alpha value is -4.15. The maximum atomic E-state index is 13.7. The number of pyridine rings is 2. The van der Waals surface area contributed by atoms with Crippen LogP contribution in [0.2, 0.25) is 10.0 Å². The molecule has 0 spiro atoms. The van der Waals surface area contributed by atoms with Gasteiger partial charge in [0.15, 0.2) is 0 Å². The number of anilines is 2. The van der Waals surface area contributed by atoms with Crippen LogP contribution < -0.4 is 15.6 Å². The number of alkyl halides is 3. The molecule has 2 aromatic carbocycles. The van der Waals surface area contributed by atoms with Gasteiger partial charge in [0.2, 0.25) is 5.88 Å². The first kappa shape index (κ1) is 28.0. The van der Waals surface area contributed by atoms with E-state index in [1.807, 2.05) is 18.2 Å². The van der Waals surface area contributed by atoms with Gasteiger partial charge in [-0.2, -0.15) is 18.3 Å². The number of fused-ring (bicyclic) bond motifs is 2. The molecule has 7 nitrogen and oxygen atoms in total. The number of hydrogen-bond acceptors (Lipinski definition) is 6. The Bertz CT molecular complexity index is 1940. The highest BCUT2D eigenvalue weighted by Crippen LogP contribution is 2.43. The van der Waals surface area contributed by atoms with Crippen LogP contribution in [0.5, 0.6) is 5.88 Å². The standard InChI is InChI=1S/C30H22Cl2F3N5O2/c1-40-29(41)24-16(14-36-40)13-23(30(33,34)35)39-27(24)37-21-11-5-9-19(26(21)32)18-8-4-10-20(25(18)31)22-12-15-6-3-7-17(15)28(38-22)42-2/h4-5,8-14H,3,6-7H2,1-2H3,(H,37,39). The highest BCUT2D eigenvalue weighted by Gasteiger charge is 2.34. The van der Waals surface area contributed by atoms with Gasteiger partial charge in [-0.05, 0) is 43.0 Å². The summed E-state index contributed by atoms with van der Waals surface area (Å²) in [5.41, 5.74) is 3.18. The highest BCUT2D eigenvalue weighted by atomic mass is 35.5. The van der Waals surface area contributed by atoms with E-state index in [0.29, 0.717) is 33.3 Å². The molecule has 0 saturated heterocycles. The average molecular weight is 612 g/mol. The number of hydrogen-bond donors (Lipinski definition) is 1.